The van der Waals surface area contributed by atoms with E-state index in [1.54, 1.807) is 26.2 Å². The van der Waals surface area contributed by atoms with Gasteiger partial charge in [-0.15, -0.1) is 0 Å². The van der Waals surface area contributed by atoms with E-state index in [2.05, 4.69) is 5.32 Å². The van der Waals surface area contributed by atoms with E-state index in [0.29, 0.717) is 21.5 Å². The molecule has 0 spiro atoms. The number of carbonyl (C=O) groups excluding carboxylic acids is 2. The minimum atomic E-state index is -0.699. The molecule has 0 heterocycles. The molecule has 2 aromatic rings. The molecule has 0 aliphatic carbocycles. The summed E-state index contributed by atoms with van der Waals surface area (Å²) in [7, 11) is 1.57. The van der Waals surface area contributed by atoms with Gasteiger partial charge in [-0.3, -0.25) is 9.59 Å². The molecule has 6 nitrogen and oxygen atoms in total. The van der Waals surface area contributed by atoms with Crippen LogP contribution in [0.3, 0.4) is 0 Å². The molecule has 0 radical (unpaired) electrons. The Morgan fingerprint density at radius 1 is 1.10 bits per heavy atom. The van der Waals surface area contributed by atoms with Gasteiger partial charge in [-0.05, 0) is 56.7 Å². The maximum absolute atomic E-state index is 13.0. The van der Waals surface area contributed by atoms with Crippen molar-refractivity contribution in [3.63, 3.8) is 0 Å². The van der Waals surface area contributed by atoms with Crippen LogP contribution in [0.5, 0.6) is 11.5 Å². The summed E-state index contributed by atoms with van der Waals surface area (Å²) in [6, 6.07) is 11.4. The molecule has 0 aliphatic rings. The molecule has 2 amide bonds. The third-order valence-electron chi connectivity index (χ3n) is 4.33. The lowest BCUT2D eigenvalue weighted by Crippen LogP contribution is -2.50. The second-order valence-electron chi connectivity index (χ2n) is 7.08. The largest absolute Gasteiger partial charge is 0.497 e. The van der Waals surface area contributed by atoms with Crippen molar-refractivity contribution in [1.29, 1.82) is 0 Å². The number of halogens is 2. The average molecular weight is 453 g/mol. The van der Waals surface area contributed by atoms with Gasteiger partial charge in [0.25, 0.3) is 5.91 Å². The maximum Gasteiger partial charge on any atom is 0.261 e. The van der Waals surface area contributed by atoms with Gasteiger partial charge < -0.3 is 19.7 Å². The van der Waals surface area contributed by atoms with Crippen molar-refractivity contribution in [2.45, 2.75) is 39.4 Å². The van der Waals surface area contributed by atoms with Gasteiger partial charge in [0.15, 0.2) is 6.61 Å². The number of benzene rings is 2. The van der Waals surface area contributed by atoms with E-state index >= 15 is 0 Å². The van der Waals surface area contributed by atoms with E-state index in [4.69, 9.17) is 32.7 Å². The predicted octanol–water partition coefficient (Wildman–Crippen LogP) is 4.32. The molecule has 0 bridgehead atoms. The summed E-state index contributed by atoms with van der Waals surface area (Å²) in [6.45, 7) is 5.37. The van der Waals surface area contributed by atoms with Gasteiger partial charge in [0.05, 0.1) is 12.1 Å². The van der Waals surface area contributed by atoms with Gasteiger partial charge >= 0.3 is 0 Å². The highest BCUT2D eigenvalue weighted by molar-refractivity contribution is 6.35. The number of amides is 2. The number of methoxy groups -OCH3 is 1. The van der Waals surface area contributed by atoms with E-state index in [1.165, 1.54) is 11.0 Å². The van der Waals surface area contributed by atoms with Crippen LogP contribution >= 0.6 is 23.2 Å². The van der Waals surface area contributed by atoms with Crippen LogP contribution in [0.25, 0.3) is 0 Å². The second-order valence-corrected chi connectivity index (χ2v) is 7.92. The van der Waals surface area contributed by atoms with Gasteiger partial charge in [0, 0.05) is 17.6 Å². The summed E-state index contributed by atoms with van der Waals surface area (Å²) in [4.78, 5) is 27.0. The van der Waals surface area contributed by atoms with Crippen molar-refractivity contribution in [3.05, 3.63) is 58.1 Å². The Labute approximate surface area is 187 Å². The zero-order chi connectivity index (χ0) is 22.3. The molecular weight excluding hydrogens is 427 g/mol. The molecule has 0 unspecified atom stereocenters. The molecule has 30 heavy (non-hydrogen) atoms. The van der Waals surface area contributed by atoms with Crippen molar-refractivity contribution in [2.24, 2.45) is 0 Å². The number of hydrogen-bond donors (Lipinski definition) is 1. The molecule has 1 atom stereocenters. The van der Waals surface area contributed by atoms with Crippen molar-refractivity contribution in [3.8, 4) is 11.5 Å². The second kappa shape index (κ2) is 11.1. The number of ether oxygens (including phenoxy) is 2. The highest BCUT2D eigenvalue weighted by Gasteiger charge is 2.27. The summed E-state index contributed by atoms with van der Waals surface area (Å²) < 4.78 is 10.8. The Hall–Kier alpha value is -2.44. The zero-order valence-electron chi connectivity index (χ0n) is 17.4. The monoisotopic (exact) mass is 452 g/mol. The van der Waals surface area contributed by atoms with Crippen LogP contribution < -0.4 is 14.8 Å². The maximum atomic E-state index is 13.0. The van der Waals surface area contributed by atoms with Gasteiger partial charge in [0.1, 0.15) is 17.5 Å². The predicted molar refractivity (Wildman–Crippen MR) is 118 cm³/mol. The highest BCUT2D eigenvalue weighted by atomic mass is 35.5. The lowest BCUT2D eigenvalue weighted by Gasteiger charge is -2.29. The third-order valence-corrected chi connectivity index (χ3v) is 4.86. The summed E-state index contributed by atoms with van der Waals surface area (Å²) in [6.07, 6.45) is 0. The van der Waals surface area contributed by atoms with E-state index in [-0.39, 0.29) is 31.0 Å². The van der Waals surface area contributed by atoms with Crippen LogP contribution in [0, 0.1) is 0 Å². The first-order chi connectivity index (χ1) is 14.2. The minimum absolute atomic E-state index is 0.0437. The Kier molecular flexibility index (Phi) is 8.81. The minimum Gasteiger partial charge on any atom is -0.497 e. The molecule has 0 fully saturated rings. The molecule has 0 saturated carbocycles. The normalized spacial score (nSPS) is 11.7. The van der Waals surface area contributed by atoms with Crippen LogP contribution in [0.4, 0.5) is 0 Å². The fraction of sp³-hybridized carbons (Fsp3) is 0.364. The van der Waals surface area contributed by atoms with E-state index < -0.39 is 6.04 Å². The molecule has 0 aromatic heterocycles. The summed E-state index contributed by atoms with van der Waals surface area (Å²) in [5, 5.41) is 3.62. The number of hydrogen-bond acceptors (Lipinski definition) is 4. The summed E-state index contributed by atoms with van der Waals surface area (Å²) in [5.74, 6) is 0.416. The van der Waals surface area contributed by atoms with Crippen LogP contribution in [-0.2, 0) is 16.1 Å². The summed E-state index contributed by atoms with van der Waals surface area (Å²) >= 11 is 12.0. The number of rotatable bonds is 9. The quantitative estimate of drug-likeness (QED) is 0.614. The Morgan fingerprint density at radius 2 is 1.83 bits per heavy atom. The molecule has 0 aliphatic heterocycles. The van der Waals surface area contributed by atoms with Crippen LogP contribution in [0.15, 0.2) is 42.5 Å². The van der Waals surface area contributed by atoms with Crippen molar-refractivity contribution in [1.82, 2.24) is 10.2 Å². The van der Waals surface area contributed by atoms with Gasteiger partial charge in [-0.25, -0.2) is 0 Å². The Bertz CT molecular complexity index is 889. The third kappa shape index (κ3) is 6.82. The molecular formula is C22H26Cl2N2O4. The smallest absolute Gasteiger partial charge is 0.261 e. The van der Waals surface area contributed by atoms with E-state index in [1.807, 2.05) is 38.1 Å². The molecule has 0 saturated heterocycles. The zero-order valence-corrected chi connectivity index (χ0v) is 19.0. The first-order valence-corrected chi connectivity index (χ1v) is 10.3. The Balaban J connectivity index is 2.19. The number of carbonyl (C=O) groups is 2. The van der Waals surface area contributed by atoms with Crippen molar-refractivity contribution < 1.29 is 19.1 Å². The highest BCUT2D eigenvalue weighted by Crippen LogP contribution is 2.27. The molecule has 2 rings (SSSR count). The lowest BCUT2D eigenvalue weighted by molar-refractivity contribution is -0.142. The van der Waals surface area contributed by atoms with Crippen LogP contribution in [0.2, 0.25) is 10.0 Å². The molecule has 1 N–H and O–H groups in total. The number of nitrogens with one attached hydrogen (secondary N) is 1. The van der Waals surface area contributed by atoms with Gasteiger partial charge in [-0.1, -0.05) is 35.3 Å². The standard InChI is InChI=1S/C22H26Cl2N2O4/c1-14(2)25-22(28)15(3)26(12-16-6-5-7-18(10-16)29-4)21(27)13-30-20-9-8-17(23)11-19(20)24/h5-11,14-15H,12-13H2,1-4H3,(H,25,28)/t15-/m0/s1. The van der Waals surface area contributed by atoms with Crippen LogP contribution in [-0.4, -0.2) is 42.5 Å². The Morgan fingerprint density at radius 3 is 2.47 bits per heavy atom. The molecule has 2 aromatic carbocycles. The van der Waals surface area contributed by atoms with Gasteiger partial charge in [-0.2, -0.15) is 0 Å². The molecule has 162 valence electrons. The fourth-order valence-electron chi connectivity index (χ4n) is 2.77. The number of nitrogens with zero attached hydrogens (tertiary/aromatic N) is 1. The lowest BCUT2D eigenvalue weighted by atomic mass is 10.1. The molecule has 8 heteroatoms. The van der Waals surface area contributed by atoms with Gasteiger partial charge in [0.2, 0.25) is 5.91 Å². The summed E-state index contributed by atoms with van der Waals surface area (Å²) in [5.41, 5.74) is 0.830. The average Bonchev–Trinajstić information content (AvgIpc) is 2.70. The van der Waals surface area contributed by atoms with Crippen molar-refractivity contribution >= 4 is 35.0 Å². The topological polar surface area (TPSA) is 67.9 Å². The first-order valence-electron chi connectivity index (χ1n) is 9.52. The SMILES string of the molecule is COc1cccc(CN(C(=O)COc2ccc(Cl)cc2Cl)[C@@H](C)C(=O)NC(C)C)c1. The van der Waals surface area contributed by atoms with Crippen molar-refractivity contribution in [2.75, 3.05) is 13.7 Å². The van der Waals surface area contributed by atoms with E-state index in [9.17, 15) is 9.59 Å². The van der Waals surface area contributed by atoms with Crippen LogP contribution in [0.1, 0.15) is 26.3 Å². The first kappa shape index (κ1) is 23.8. The van der Waals surface area contributed by atoms with E-state index in [0.717, 1.165) is 5.56 Å². The fourth-order valence-corrected chi connectivity index (χ4v) is 3.23.